The lowest BCUT2D eigenvalue weighted by molar-refractivity contribution is -0.117. The smallest absolute Gasteiger partial charge is 0.229 e. The molecule has 1 aliphatic heterocycles. The number of nitrogens with zero attached hydrogens (tertiary/aromatic N) is 2. The molecule has 1 aliphatic rings. The van der Waals surface area contributed by atoms with Crippen molar-refractivity contribution in [3.8, 4) is 11.3 Å². The van der Waals surface area contributed by atoms with Crippen molar-refractivity contribution >= 4 is 23.5 Å². The lowest BCUT2D eigenvalue weighted by Gasteiger charge is -2.12. The second kappa shape index (κ2) is 5.05. The molecule has 1 aromatic heterocycles. The summed E-state index contributed by atoms with van der Waals surface area (Å²) in [5.74, 6) is 1.42. The van der Waals surface area contributed by atoms with E-state index in [1.54, 1.807) is 11.1 Å². The first-order chi connectivity index (χ1) is 9.28. The molecule has 1 aromatic carbocycles. The van der Waals surface area contributed by atoms with Crippen LogP contribution in [-0.2, 0) is 4.79 Å². The number of aromatic nitrogens is 2. The van der Waals surface area contributed by atoms with Crippen LogP contribution in [0.3, 0.4) is 0 Å². The molecule has 98 valence electrons. The summed E-state index contributed by atoms with van der Waals surface area (Å²) >= 11 is 5.82. The first-order valence-corrected chi connectivity index (χ1v) is 6.78. The number of H-pyrrole nitrogens is 1. The highest BCUT2D eigenvalue weighted by molar-refractivity contribution is 6.18. The van der Waals surface area contributed by atoms with Crippen LogP contribution < -0.4 is 4.90 Å². The molecule has 1 amide bonds. The lowest BCUT2D eigenvalue weighted by Crippen LogP contribution is -2.25. The Hall–Kier alpha value is -1.81. The third-order valence-electron chi connectivity index (χ3n) is 3.33. The Morgan fingerprint density at radius 3 is 2.84 bits per heavy atom. The highest BCUT2D eigenvalue weighted by Gasteiger charge is 2.31. The van der Waals surface area contributed by atoms with Crippen LogP contribution in [0, 0.1) is 5.92 Å². The molecule has 0 bridgehead atoms. The average molecular weight is 276 g/mol. The topological polar surface area (TPSA) is 49.0 Å². The fraction of sp³-hybridized carbons (Fsp3) is 0.286. The van der Waals surface area contributed by atoms with E-state index in [1.165, 1.54) is 0 Å². The number of alkyl halides is 1. The summed E-state index contributed by atoms with van der Waals surface area (Å²) in [6.45, 7) is 0.643. The first kappa shape index (κ1) is 12.2. The van der Waals surface area contributed by atoms with E-state index in [0.717, 1.165) is 11.3 Å². The van der Waals surface area contributed by atoms with Crippen molar-refractivity contribution in [3.63, 3.8) is 0 Å². The Bertz CT molecular complexity index is 581. The van der Waals surface area contributed by atoms with Crippen molar-refractivity contribution in [2.75, 3.05) is 17.3 Å². The summed E-state index contributed by atoms with van der Waals surface area (Å²) in [6, 6.07) is 9.92. The molecule has 1 fully saturated rings. The van der Waals surface area contributed by atoms with Gasteiger partial charge in [0, 0.05) is 18.8 Å². The maximum absolute atomic E-state index is 11.9. The summed E-state index contributed by atoms with van der Waals surface area (Å²) in [7, 11) is 0. The monoisotopic (exact) mass is 275 g/mol. The van der Waals surface area contributed by atoms with E-state index >= 15 is 0 Å². The normalized spacial score (nSPS) is 19.1. The van der Waals surface area contributed by atoms with Gasteiger partial charge in [0.1, 0.15) is 0 Å². The summed E-state index contributed by atoms with van der Waals surface area (Å²) in [6.07, 6.45) is 2.26. The molecule has 4 nitrogen and oxygen atoms in total. The first-order valence-electron chi connectivity index (χ1n) is 6.24. The number of halogens is 1. The van der Waals surface area contributed by atoms with Crippen molar-refractivity contribution in [1.82, 2.24) is 9.97 Å². The summed E-state index contributed by atoms with van der Waals surface area (Å²) in [5.41, 5.74) is 1.97. The van der Waals surface area contributed by atoms with E-state index in [0.29, 0.717) is 24.8 Å². The van der Waals surface area contributed by atoms with Gasteiger partial charge in [-0.05, 0) is 11.5 Å². The SMILES string of the molecule is O=C1CC(CCl)CN1c1ncc(-c2ccccc2)[nH]1. The molecule has 1 unspecified atom stereocenters. The molecule has 1 atom stereocenters. The van der Waals surface area contributed by atoms with Gasteiger partial charge in [-0.1, -0.05) is 30.3 Å². The van der Waals surface area contributed by atoms with Gasteiger partial charge in [-0.2, -0.15) is 0 Å². The van der Waals surface area contributed by atoms with Crippen LogP contribution in [0.1, 0.15) is 6.42 Å². The number of hydrogen-bond acceptors (Lipinski definition) is 2. The largest absolute Gasteiger partial charge is 0.324 e. The van der Waals surface area contributed by atoms with Crippen LogP contribution in [0.2, 0.25) is 0 Å². The van der Waals surface area contributed by atoms with E-state index in [9.17, 15) is 4.79 Å². The Labute approximate surface area is 116 Å². The molecule has 1 N–H and O–H groups in total. The van der Waals surface area contributed by atoms with Gasteiger partial charge >= 0.3 is 0 Å². The van der Waals surface area contributed by atoms with Gasteiger partial charge in [0.2, 0.25) is 11.9 Å². The third-order valence-corrected chi connectivity index (χ3v) is 3.76. The molecule has 19 heavy (non-hydrogen) atoms. The molecule has 0 saturated carbocycles. The molecule has 2 heterocycles. The third kappa shape index (κ3) is 2.36. The van der Waals surface area contributed by atoms with E-state index in [4.69, 9.17) is 11.6 Å². The molecular formula is C14H14ClN3O. The molecule has 2 aromatic rings. The van der Waals surface area contributed by atoms with Crippen molar-refractivity contribution in [2.45, 2.75) is 6.42 Å². The van der Waals surface area contributed by atoms with Gasteiger partial charge in [0.15, 0.2) is 0 Å². The molecule has 5 heteroatoms. The number of benzene rings is 1. The van der Waals surface area contributed by atoms with Crippen molar-refractivity contribution in [2.24, 2.45) is 5.92 Å². The Morgan fingerprint density at radius 2 is 2.16 bits per heavy atom. The summed E-state index contributed by atoms with van der Waals surface area (Å²) in [5, 5.41) is 0. The number of amides is 1. The highest BCUT2D eigenvalue weighted by Crippen LogP contribution is 2.25. The number of aromatic amines is 1. The molecule has 0 radical (unpaired) electrons. The maximum Gasteiger partial charge on any atom is 0.229 e. The van der Waals surface area contributed by atoms with Crippen LogP contribution >= 0.6 is 11.6 Å². The summed E-state index contributed by atoms with van der Waals surface area (Å²) < 4.78 is 0. The quantitative estimate of drug-likeness (QED) is 0.876. The molecule has 0 spiro atoms. The average Bonchev–Trinajstić information content (AvgIpc) is 3.06. The van der Waals surface area contributed by atoms with Crippen molar-refractivity contribution < 1.29 is 4.79 Å². The standard InChI is InChI=1S/C14H14ClN3O/c15-7-10-6-13(19)18(9-10)14-16-8-12(17-14)11-4-2-1-3-5-11/h1-5,8,10H,6-7,9H2,(H,16,17). The second-order valence-corrected chi connectivity index (χ2v) is 5.02. The molecule has 1 saturated heterocycles. The van der Waals surface area contributed by atoms with E-state index in [1.807, 2.05) is 30.3 Å². The van der Waals surface area contributed by atoms with Gasteiger partial charge in [-0.15, -0.1) is 11.6 Å². The van der Waals surface area contributed by atoms with Gasteiger partial charge in [-0.25, -0.2) is 4.98 Å². The van der Waals surface area contributed by atoms with Crippen LogP contribution in [0.5, 0.6) is 0 Å². The zero-order valence-corrected chi connectivity index (χ0v) is 11.1. The van der Waals surface area contributed by atoms with Crippen molar-refractivity contribution in [1.29, 1.82) is 0 Å². The fourth-order valence-corrected chi connectivity index (χ4v) is 2.51. The predicted molar refractivity (Wildman–Crippen MR) is 75.2 cm³/mol. The highest BCUT2D eigenvalue weighted by atomic mass is 35.5. The maximum atomic E-state index is 11.9. The van der Waals surface area contributed by atoms with Gasteiger partial charge in [0.25, 0.3) is 0 Å². The van der Waals surface area contributed by atoms with Gasteiger partial charge in [-0.3, -0.25) is 9.69 Å². The van der Waals surface area contributed by atoms with Crippen LogP contribution in [-0.4, -0.2) is 28.3 Å². The van der Waals surface area contributed by atoms with Crippen LogP contribution in [0.25, 0.3) is 11.3 Å². The van der Waals surface area contributed by atoms with E-state index in [-0.39, 0.29) is 11.8 Å². The fourth-order valence-electron chi connectivity index (χ4n) is 2.30. The second-order valence-electron chi connectivity index (χ2n) is 4.72. The summed E-state index contributed by atoms with van der Waals surface area (Å²) in [4.78, 5) is 21.1. The number of carbonyl (C=O) groups excluding carboxylic acids is 1. The number of carbonyl (C=O) groups is 1. The number of rotatable bonds is 3. The van der Waals surface area contributed by atoms with Gasteiger partial charge < -0.3 is 4.98 Å². The zero-order chi connectivity index (χ0) is 13.2. The minimum Gasteiger partial charge on any atom is -0.324 e. The number of anilines is 1. The van der Waals surface area contributed by atoms with Crippen molar-refractivity contribution in [3.05, 3.63) is 36.5 Å². The van der Waals surface area contributed by atoms with E-state index in [2.05, 4.69) is 9.97 Å². The zero-order valence-electron chi connectivity index (χ0n) is 10.3. The number of nitrogens with one attached hydrogen (secondary N) is 1. The number of hydrogen-bond donors (Lipinski definition) is 1. The van der Waals surface area contributed by atoms with Crippen LogP contribution in [0.4, 0.5) is 5.95 Å². The molecule has 0 aliphatic carbocycles. The Balaban J connectivity index is 1.84. The predicted octanol–water partition coefficient (Wildman–Crippen LogP) is 2.67. The van der Waals surface area contributed by atoms with E-state index < -0.39 is 0 Å². The minimum atomic E-state index is 0.0830. The minimum absolute atomic E-state index is 0.0830. The molecular weight excluding hydrogens is 262 g/mol. The lowest BCUT2D eigenvalue weighted by atomic mass is 10.2. The Morgan fingerprint density at radius 1 is 1.37 bits per heavy atom. The van der Waals surface area contributed by atoms with Gasteiger partial charge in [0.05, 0.1) is 11.9 Å². The Kier molecular flexibility index (Phi) is 3.25. The number of imidazole rings is 1. The van der Waals surface area contributed by atoms with Crippen LogP contribution in [0.15, 0.2) is 36.5 Å². The molecule has 3 rings (SSSR count).